The Morgan fingerprint density at radius 2 is 2.23 bits per heavy atom. The van der Waals surface area contributed by atoms with Crippen molar-refractivity contribution < 1.29 is 14.7 Å². The van der Waals surface area contributed by atoms with Crippen molar-refractivity contribution >= 4 is 13.0 Å². The summed E-state index contributed by atoms with van der Waals surface area (Å²) in [5.74, 6) is -0.0565. The lowest BCUT2D eigenvalue weighted by atomic mass is 9.78. The van der Waals surface area contributed by atoms with Gasteiger partial charge in [0.05, 0.1) is 13.0 Å². The number of hydroxylamine groups is 2. The Hall–Kier alpha value is -0.585. The Balaban J connectivity index is 2.31. The smallest absolute Gasteiger partial charge is 0.376 e. The first kappa shape index (κ1) is 10.5. The maximum absolute atomic E-state index is 11.4. The van der Waals surface area contributed by atoms with Crippen LogP contribution in [0, 0.1) is 5.92 Å². The van der Waals surface area contributed by atoms with E-state index >= 15 is 0 Å². The van der Waals surface area contributed by atoms with Crippen LogP contribution >= 0.6 is 0 Å². The van der Waals surface area contributed by atoms with Crippen molar-refractivity contribution in [2.24, 2.45) is 5.92 Å². The molecule has 0 aromatic rings. The molecule has 1 rings (SSSR count). The third-order valence-corrected chi connectivity index (χ3v) is 2.37. The van der Waals surface area contributed by atoms with Crippen molar-refractivity contribution in [1.29, 1.82) is 0 Å². The van der Waals surface area contributed by atoms with Crippen LogP contribution in [0.25, 0.3) is 0 Å². The Bertz CT molecular complexity index is 194. The second-order valence-electron chi connectivity index (χ2n) is 3.30. The summed E-state index contributed by atoms with van der Waals surface area (Å²) in [5.41, 5.74) is 0. The third kappa shape index (κ3) is 2.21. The maximum atomic E-state index is 11.4. The zero-order valence-electron chi connectivity index (χ0n) is 8.23. The molecule has 6 heteroatoms. The van der Waals surface area contributed by atoms with E-state index in [9.17, 15) is 4.79 Å². The minimum absolute atomic E-state index is 0.0282. The molecule has 1 saturated heterocycles. The average Bonchev–Trinajstić information content (AvgIpc) is 1.99. The van der Waals surface area contributed by atoms with Crippen LogP contribution in [-0.4, -0.2) is 55.1 Å². The van der Waals surface area contributed by atoms with Crippen molar-refractivity contribution in [3.05, 3.63) is 0 Å². The zero-order chi connectivity index (χ0) is 10.0. The minimum Gasteiger partial charge on any atom is -0.437 e. The summed E-state index contributed by atoms with van der Waals surface area (Å²) in [4.78, 5) is 18.0. The Labute approximate surface area is 78.3 Å². The van der Waals surface area contributed by atoms with E-state index in [4.69, 9.17) is 9.86 Å². The molecule has 13 heavy (non-hydrogen) atoms. The molecule has 0 aromatic heterocycles. The molecule has 0 radical (unpaired) electrons. The molecule has 0 aromatic carbocycles. The standard InChI is InChI=1S/C7H15BN2O3/c1-8(12)10-4-6(5-10)7(11)9(2)13-3/h6,12H,4-5H2,1-3H3. The molecule has 0 spiro atoms. The molecule has 1 aliphatic rings. The van der Waals surface area contributed by atoms with Gasteiger partial charge in [0.1, 0.15) is 0 Å². The molecule has 1 N–H and O–H groups in total. The lowest BCUT2D eigenvalue weighted by molar-refractivity contribution is -0.177. The molecule has 1 fully saturated rings. The molecule has 1 aliphatic heterocycles. The fourth-order valence-electron chi connectivity index (χ4n) is 1.32. The number of hydrogen-bond acceptors (Lipinski definition) is 4. The van der Waals surface area contributed by atoms with Crippen LogP contribution in [-0.2, 0) is 9.63 Å². The topological polar surface area (TPSA) is 53.0 Å². The van der Waals surface area contributed by atoms with Gasteiger partial charge < -0.3 is 9.83 Å². The minimum atomic E-state index is -0.461. The predicted molar refractivity (Wildman–Crippen MR) is 48.7 cm³/mol. The van der Waals surface area contributed by atoms with Gasteiger partial charge in [-0.25, -0.2) is 5.06 Å². The third-order valence-electron chi connectivity index (χ3n) is 2.37. The van der Waals surface area contributed by atoms with Crippen molar-refractivity contribution in [3.63, 3.8) is 0 Å². The quantitative estimate of drug-likeness (QED) is 0.456. The van der Waals surface area contributed by atoms with Gasteiger partial charge in [-0.05, 0) is 6.82 Å². The number of carbonyl (C=O) groups excluding carboxylic acids is 1. The summed E-state index contributed by atoms with van der Waals surface area (Å²) in [6.45, 7) is 2.93. The zero-order valence-corrected chi connectivity index (χ0v) is 8.23. The molecular weight excluding hydrogens is 171 g/mol. The molecule has 0 saturated carbocycles. The first-order chi connectivity index (χ1) is 6.06. The highest BCUT2D eigenvalue weighted by Gasteiger charge is 2.37. The van der Waals surface area contributed by atoms with Gasteiger partial charge in [0, 0.05) is 20.1 Å². The second kappa shape index (κ2) is 4.08. The van der Waals surface area contributed by atoms with Gasteiger partial charge >= 0.3 is 7.05 Å². The van der Waals surface area contributed by atoms with Crippen LogP contribution in [0.5, 0.6) is 0 Å². The van der Waals surface area contributed by atoms with Gasteiger partial charge in [0.25, 0.3) is 5.91 Å². The van der Waals surface area contributed by atoms with Crippen molar-refractivity contribution in [2.45, 2.75) is 6.82 Å². The highest BCUT2D eigenvalue weighted by Crippen LogP contribution is 2.17. The van der Waals surface area contributed by atoms with E-state index in [0.717, 1.165) is 0 Å². The summed E-state index contributed by atoms with van der Waals surface area (Å²) in [6.07, 6.45) is 0. The highest BCUT2D eigenvalue weighted by atomic mass is 16.7. The molecule has 0 aliphatic carbocycles. The number of amides is 1. The van der Waals surface area contributed by atoms with Crippen LogP contribution < -0.4 is 0 Å². The number of rotatable bonds is 3. The van der Waals surface area contributed by atoms with E-state index in [1.165, 1.54) is 12.2 Å². The number of hydrogen-bond donors (Lipinski definition) is 1. The second-order valence-corrected chi connectivity index (χ2v) is 3.30. The number of nitrogens with zero attached hydrogens (tertiary/aromatic N) is 2. The van der Waals surface area contributed by atoms with Gasteiger partial charge in [-0.2, -0.15) is 0 Å². The van der Waals surface area contributed by atoms with E-state index in [1.54, 1.807) is 13.9 Å². The van der Waals surface area contributed by atoms with Crippen LogP contribution in [0.4, 0.5) is 0 Å². The summed E-state index contributed by atoms with van der Waals surface area (Å²) < 4.78 is 0. The molecule has 74 valence electrons. The summed E-state index contributed by atoms with van der Waals surface area (Å²) in [6, 6.07) is 0. The summed E-state index contributed by atoms with van der Waals surface area (Å²) >= 11 is 0. The van der Waals surface area contributed by atoms with Crippen molar-refractivity contribution in [1.82, 2.24) is 9.87 Å². The van der Waals surface area contributed by atoms with Crippen molar-refractivity contribution in [3.8, 4) is 0 Å². The largest absolute Gasteiger partial charge is 0.437 e. The molecule has 1 amide bonds. The van der Waals surface area contributed by atoms with Crippen LogP contribution in [0.3, 0.4) is 0 Å². The first-order valence-electron chi connectivity index (χ1n) is 4.30. The average molecular weight is 186 g/mol. The molecule has 1 heterocycles. The van der Waals surface area contributed by atoms with Gasteiger partial charge in [-0.15, -0.1) is 0 Å². The van der Waals surface area contributed by atoms with Crippen LogP contribution in [0.2, 0.25) is 6.82 Å². The SMILES string of the molecule is CON(C)C(=O)C1CN(B(C)O)C1. The van der Waals surface area contributed by atoms with E-state index in [2.05, 4.69) is 0 Å². The van der Waals surface area contributed by atoms with Gasteiger partial charge in [0.2, 0.25) is 0 Å². The predicted octanol–water partition coefficient (Wildman–Crippen LogP) is -0.952. The van der Waals surface area contributed by atoms with E-state index in [1.807, 2.05) is 4.81 Å². The Kier molecular flexibility index (Phi) is 3.30. The highest BCUT2D eigenvalue weighted by molar-refractivity contribution is 6.45. The van der Waals surface area contributed by atoms with Crippen LogP contribution in [0.1, 0.15) is 0 Å². The molecule has 0 bridgehead atoms. The molecular formula is C7H15BN2O3. The number of carbonyl (C=O) groups is 1. The fraction of sp³-hybridized carbons (Fsp3) is 0.857. The monoisotopic (exact) mass is 186 g/mol. The van der Waals surface area contributed by atoms with Crippen molar-refractivity contribution in [2.75, 3.05) is 27.2 Å². The molecule has 0 unspecified atom stereocenters. The lowest BCUT2D eigenvalue weighted by Gasteiger charge is -2.40. The maximum Gasteiger partial charge on any atom is 0.376 e. The summed E-state index contributed by atoms with van der Waals surface area (Å²) in [7, 11) is 2.59. The lowest BCUT2D eigenvalue weighted by Crippen LogP contribution is -2.58. The van der Waals surface area contributed by atoms with E-state index < -0.39 is 7.05 Å². The van der Waals surface area contributed by atoms with Crippen LogP contribution in [0.15, 0.2) is 0 Å². The fourth-order valence-corrected chi connectivity index (χ4v) is 1.32. The normalized spacial score (nSPS) is 18.2. The van der Waals surface area contributed by atoms with E-state index in [-0.39, 0.29) is 11.8 Å². The van der Waals surface area contributed by atoms with Gasteiger partial charge in [-0.1, -0.05) is 0 Å². The van der Waals surface area contributed by atoms with Gasteiger partial charge in [-0.3, -0.25) is 9.63 Å². The first-order valence-corrected chi connectivity index (χ1v) is 4.30. The van der Waals surface area contributed by atoms with Gasteiger partial charge in [0.15, 0.2) is 0 Å². The summed E-state index contributed by atoms with van der Waals surface area (Å²) in [5, 5.41) is 10.4. The Morgan fingerprint density at radius 3 is 2.62 bits per heavy atom. The van der Waals surface area contributed by atoms with E-state index in [0.29, 0.717) is 13.1 Å². The molecule has 5 nitrogen and oxygen atoms in total. The molecule has 0 atom stereocenters. The Morgan fingerprint density at radius 1 is 1.69 bits per heavy atom.